The predicted octanol–water partition coefficient (Wildman–Crippen LogP) is 2.12. The fourth-order valence-electron chi connectivity index (χ4n) is 2.30. The van der Waals surface area contributed by atoms with Crippen molar-refractivity contribution >= 4 is 5.91 Å². The molecule has 2 unspecified atom stereocenters. The van der Waals surface area contributed by atoms with Crippen LogP contribution in [-0.4, -0.2) is 19.1 Å². The van der Waals surface area contributed by atoms with Crippen LogP contribution in [0.25, 0.3) is 0 Å². The molecule has 1 aliphatic carbocycles. The zero-order chi connectivity index (χ0) is 13.0. The van der Waals surface area contributed by atoms with E-state index in [1.165, 1.54) is 0 Å². The zero-order valence-corrected chi connectivity index (χ0v) is 10.3. The summed E-state index contributed by atoms with van der Waals surface area (Å²) in [7, 11) is 1.57. The molecule has 1 fully saturated rings. The van der Waals surface area contributed by atoms with Gasteiger partial charge in [0.25, 0.3) is 5.91 Å². The Labute approximate surface area is 107 Å². The summed E-state index contributed by atoms with van der Waals surface area (Å²) in [6.45, 7) is 0. The monoisotopic (exact) mass is 244 g/mol. The van der Waals surface area contributed by atoms with E-state index >= 15 is 0 Å². The molecular weight excluding hydrogens is 228 g/mol. The van der Waals surface area contributed by atoms with Crippen LogP contribution in [0.2, 0.25) is 0 Å². The molecule has 18 heavy (non-hydrogen) atoms. The Kier molecular flexibility index (Phi) is 3.83. The molecule has 0 aliphatic heterocycles. The summed E-state index contributed by atoms with van der Waals surface area (Å²) < 4.78 is 5.08. The van der Waals surface area contributed by atoms with Crippen molar-refractivity contribution in [3.05, 3.63) is 29.8 Å². The number of carbonyl (C=O) groups excluding carboxylic acids is 1. The lowest BCUT2D eigenvalue weighted by atomic mass is 10.1. The van der Waals surface area contributed by atoms with Gasteiger partial charge in [0, 0.05) is 11.6 Å². The molecule has 1 aromatic carbocycles. The minimum atomic E-state index is -0.138. The summed E-state index contributed by atoms with van der Waals surface area (Å²) in [6, 6.07) is 9.26. The maximum Gasteiger partial charge on any atom is 0.251 e. The first kappa shape index (κ1) is 12.4. The summed E-state index contributed by atoms with van der Waals surface area (Å²) >= 11 is 0. The normalized spacial score (nSPS) is 22.2. The number of nitrogens with zero attached hydrogens (tertiary/aromatic N) is 1. The molecular formula is C14H16N2O2. The van der Waals surface area contributed by atoms with E-state index in [0.717, 1.165) is 19.3 Å². The molecule has 2 atom stereocenters. The maximum absolute atomic E-state index is 12.1. The van der Waals surface area contributed by atoms with E-state index in [-0.39, 0.29) is 17.9 Å². The van der Waals surface area contributed by atoms with Crippen molar-refractivity contribution in [2.75, 3.05) is 7.11 Å². The Hall–Kier alpha value is -2.02. The largest absolute Gasteiger partial charge is 0.497 e. The molecule has 0 spiro atoms. The number of amides is 1. The number of ether oxygens (including phenoxy) is 1. The molecule has 1 aliphatic rings. The molecule has 1 N–H and O–H groups in total. The van der Waals surface area contributed by atoms with Crippen molar-refractivity contribution in [1.29, 1.82) is 5.26 Å². The molecule has 1 aromatic rings. The van der Waals surface area contributed by atoms with Crippen molar-refractivity contribution in [3.63, 3.8) is 0 Å². The molecule has 2 rings (SSSR count). The van der Waals surface area contributed by atoms with Gasteiger partial charge in [0.1, 0.15) is 5.75 Å². The van der Waals surface area contributed by atoms with Gasteiger partial charge in [-0.2, -0.15) is 5.26 Å². The average Bonchev–Trinajstić information content (AvgIpc) is 2.86. The first-order chi connectivity index (χ1) is 8.74. The number of hydrogen-bond donors (Lipinski definition) is 1. The number of nitriles is 1. The number of rotatable bonds is 3. The van der Waals surface area contributed by atoms with E-state index in [0.29, 0.717) is 11.3 Å². The predicted molar refractivity (Wildman–Crippen MR) is 67.2 cm³/mol. The van der Waals surface area contributed by atoms with Crippen molar-refractivity contribution in [2.45, 2.75) is 25.3 Å². The lowest BCUT2D eigenvalue weighted by molar-refractivity contribution is 0.0932. The molecule has 0 aromatic heterocycles. The second kappa shape index (κ2) is 5.54. The van der Waals surface area contributed by atoms with E-state index in [4.69, 9.17) is 10.00 Å². The smallest absolute Gasteiger partial charge is 0.251 e. The molecule has 0 heterocycles. The van der Waals surface area contributed by atoms with E-state index in [1.54, 1.807) is 31.4 Å². The summed E-state index contributed by atoms with van der Waals surface area (Å²) in [4.78, 5) is 12.1. The quantitative estimate of drug-likeness (QED) is 0.885. The number of carbonyl (C=O) groups is 1. The Morgan fingerprint density at radius 1 is 1.50 bits per heavy atom. The van der Waals surface area contributed by atoms with Gasteiger partial charge in [-0.3, -0.25) is 4.79 Å². The van der Waals surface area contributed by atoms with Crippen LogP contribution in [0, 0.1) is 17.2 Å². The fourth-order valence-corrected chi connectivity index (χ4v) is 2.30. The standard InChI is InChI=1S/C14H16N2O2/c1-18-12-6-2-4-10(8-12)14(17)16-13-7-3-5-11(13)9-15/h2,4,6,8,11,13H,3,5,7H2,1H3,(H,16,17). The Morgan fingerprint density at radius 2 is 2.33 bits per heavy atom. The van der Waals surface area contributed by atoms with Gasteiger partial charge in [0.05, 0.1) is 19.1 Å². The third-order valence-electron chi connectivity index (χ3n) is 3.33. The SMILES string of the molecule is COc1cccc(C(=O)NC2CCCC2C#N)c1. The van der Waals surface area contributed by atoms with Gasteiger partial charge in [-0.1, -0.05) is 6.07 Å². The molecule has 94 valence electrons. The van der Waals surface area contributed by atoms with Crippen molar-refractivity contribution in [3.8, 4) is 11.8 Å². The Balaban J connectivity index is 2.05. The highest BCUT2D eigenvalue weighted by atomic mass is 16.5. The van der Waals surface area contributed by atoms with E-state index < -0.39 is 0 Å². The third-order valence-corrected chi connectivity index (χ3v) is 3.33. The van der Waals surface area contributed by atoms with Crippen molar-refractivity contribution in [2.24, 2.45) is 5.92 Å². The summed E-state index contributed by atoms with van der Waals surface area (Å²) in [5, 5.41) is 11.9. The maximum atomic E-state index is 12.1. The molecule has 0 bridgehead atoms. The molecule has 1 saturated carbocycles. The van der Waals surface area contributed by atoms with Gasteiger partial charge in [-0.15, -0.1) is 0 Å². The summed E-state index contributed by atoms with van der Waals surface area (Å²) in [5.74, 6) is 0.464. The minimum absolute atomic E-state index is 0.0197. The van der Waals surface area contributed by atoms with Gasteiger partial charge < -0.3 is 10.1 Å². The summed E-state index contributed by atoms with van der Waals surface area (Å²) in [6.07, 6.45) is 2.76. The van der Waals surface area contributed by atoms with Gasteiger partial charge in [-0.25, -0.2) is 0 Å². The number of hydrogen-bond acceptors (Lipinski definition) is 3. The van der Waals surface area contributed by atoms with Crippen LogP contribution >= 0.6 is 0 Å². The second-order valence-corrected chi connectivity index (χ2v) is 4.48. The van der Waals surface area contributed by atoms with Crippen molar-refractivity contribution in [1.82, 2.24) is 5.32 Å². The Bertz CT molecular complexity index is 479. The van der Waals surface area contributed by atoms with Crippen LogP contribution in [-0.2, 0) is 0 Å². The molecule has 4 heteroatoms. The van der Waals surface area contributed by atoms with Gasteiger partial charge in [-0.05, 0) is 37.5 Å². The zero-order valence-electron chi connectivity index (χ0n) is 10.3. The topological polar surface area (TPSA) is 62.1 Å². The molecule has 1 amide bonds. The Morgan fingerprint density at radius 3 is 3.06 bits per heavy atom. The van der Waals surface area contributed by atoms with E-state index in [1.807, 2.05) is 0 Å². The van der Waals surface area contributed by atoms with Crippen LogP contribution in [0.5, 0.6) is 5.75 Å². The highest BCUT2D eigenvalue weighted by Crippen LogP contribution is 2.25. The first-order valence-electron chi connectivity index (χ1n) is 6.09. The number of benzene rings is 1. The lowest BCUT2D eigenvalue weighted by Gasteiger charge is -2.15. The van der Waals surface area contributed by atoms with Gasteiger partial charge in [0.15, 0.2) is 0 Å². The number of nitrogens with one attached hydrogen (secondary N) is 1. The van der Waals surface area contributed by atoms with E-state index in [2.05, 4.69) is 11.4 Å². The molecule has 4 nitrogen and oxygen atoms in total. The van der Waals surface area contributed by atoms with Crippen molar-refractivity contribution < 1.29 is 9.53 Å². The fraction of sp³-hybridized carbons (Fsp3) is 0.429. The highest BCUT2D eigenvalue weighted by molar-refractivity contribution is 5.94. The van der Waals surface area contributed by atoms with Gasteiger partial charge >= 0.3 is 0 Å². The molecule has 0 saturated heterocycles. The van der Waals surface area contributed by atoms with Crippen LogP contribution in [0.3, 0.4) is 0 Å². The second-order valence-electron chi connectivity index (χ2n) is 4.48. The average molecular weight is 244 g/mol. The highest BCUT2D eigenvalue weighted by Gasteiger charge is 2.28. The minimum Gasteiger partial charge on any atom is -0.497 e. The molecule has 0 radical (unpaired) electrons. The lowest BCUT2D eigenvalue weighted by Crippen LogP contribution is -2.36. The third kappa shape index (κ3) is 2.62. The van der Waals surface area contributed by atoms with Crippen LogP contribution in [0.4, 0.5) is 0 Å². The van der Waals surface area contributed by atoms with Gasteiger partial charge in [0.2, 0.25) is 0 Å². The summed E-state index contributed by atoms with van der Waals surface area (Å²) in [5.41, 5.74) is 0.568. The van der Waals surface area contributed by atoms with Crippen LogP contribution in [0.15, 0.2) is 24.3 Å². The number of methoxy groups -OCH3 is 1. The first-order valence-corrected chi connectivity index (χ1v) is 6.09. The van der Waals surface area contributed by atoms with E-state index in [9.17, 15) is 4.79 Å². The van der Waals surface area contributed by atoms with Crippen LogP contribution < -0.4 is 10.1 Å². The van der Waals surface area contributed by atoms with Crippen LogP contribution in [0.1, 0.15) is 29.6 Å².